The van der Waals surface area contributed by atoms with Crippen molar-refractivity contribution in [2.45, 2.75) is 10.8 Å². The smallest absolute Gasteiger partial charge is 0.329 e. The predicted octanol–water partition coefficient (Wildman–Crippen LogP) is 5.99. The zero-order chi connectivity index (χ0) is 23.8. The lowest BCUT2D eigenvalue weighted by molar-refractivity contribution is -0.137. The number of hydrogen-bond acceptors (Lipinski definition) is 4. The van der Waals surface area contributed by atoms with Crippen molar-refractivity contribution < 1.29 is 15.0 Å². The predicted molar refractivity (Wildman–Crippen MR) is 139 cm³/mol. The van der Waals surface area contributed by atoms with Crippen molar-refractivity contribution in [3.63, 3.8) is 0 Å². The van der Waals surface area contributed by atoms with Crippen molar-refractivity contribution in [3.8, 4) is 5.75 Å². The third-order valence-electron chi connectivity index (χ3n) is 5.61. The van der Waals surface area contributed by atoms with E-state index in [2.05, 4.69) is 41.4 Å². The van der Waals surface area contributed by atoms with Crippen LogP contribution in [0.2, 0.25) is 0 Å². The first-order valence-electron chi connectivity index (χ1n) is 11.0. The number of aromatic hydroxyl groups is 1. The molecule has 0 aliphatic heterocycles. The first kappa shape index (κ1) is 23.3. The highest BCUT2D eigenvalue weighted by atomic mass is 32.2. The molecule has 0 bridgehead atoms. The molecule has 34 heavy (non-hydrogen) atoms. The molecule has 2 N–H and O–H groups in total. The molecule has 0 aromatic heterocycles. The van der Waals surface area contributed by atoms with Crippen LogP contribution in [0.4, 0.5) is 0 Å². The van der Waals surface area contributed by atoms with Gasteiger partial charge in [-0.15, -0.1) is 11.8 Å². The van der Waals surface area contributed by atoms with Crippen LogP contribution in [0.15, 0.2) is 120 Å². The molecule has 1 unspecified atom stereocenters. The second kappa shape index (κ2) is 10.9. The van der Waals surface area contributed by atoms with E-state index in [1.807, 2.05) is 54.6 Å². The number of carbonyl (C=O) groups is 1. The standard InChI is InChI=1S/C29H25NO3S/c31-27-19-11-10-12-22(27)20-30-26(28(32)33)21-34-29(23-13-4-1-5-14-23,24-15-6-2-7-16-24)25-17-8-3-9-18-25/h1-20,26,31H,21H2,(H,32,33). The molecular formula is C29H25NO3S. The number of rotatable bonds is 9. The summed E-state index contributed by atoms with van der Waals surface area (Å²) in [6, 6.07) is 36.2. The van der Waals surface area contributed by atoms with Crippen molar-refractivity contribution in [2.75, 3.05) is 5.75 Å². The van der Waals surface area contributed by atoms with Crippen LogP contribution < -0.4 is 0 Å². The van der Waals surface area contributed by atoms with E-state index in [-0.39, 0.29) is 11.5 Å². The van der Waals surface area contributed by atoms with Crippen LogP contribution in [0.5, 0.6) is 5.75 Å². The molecule has 0 heterocycles. The van der Waals surface area contributed by atoms with E-state index in [1.54, 1.807) is 36.0 Å². The molecule has 0 fully saturated rings. The summed E-state index contributed by atoms with van der Waals surface area (Å²) in [6.45, 7) is 0. The lowest BCUT2D eigenvalue weighted by Gasteiger charge is -2.36. The van der Waals surface area contributed by atoms with E-state index in [4.69, 9.17) is 0 Å². The number of aliphatic carboxylic acids is 1. The van der Waals surface area contributed by atoms with Gasteiger partial charge in [-0.1, -0.05) is 103 Å². The summed E-state index contributed by atoms with van der Waals surface area (Å²) in [4.78, 5) is 16.5. The number of para-hydroxylation sites is 1. The lowest BCUT2D eigenvalue weighted by atomic mass is 9.84. The van der Waals surface area contributed by atoms with Gasteiger partial charge in [0, 0.05) is 17.5 Å². The first-order chi connectivity index (χ1) is 16.6. The lowest BCUT2D eigenvalue weighted by Crippen LogP contribution is -2.30. The zero-order valence-electron chi connectivity index (χ0n) is 18.5. The number of phenolic OH excluding ortho intramolecular Hbond substituents is 1. The van der Waals surface area contributed by atoms with Gasteiger partial charge in [-0.3, -0.25) is 4.99 Å². The molecule has 0 radical (unpaired) electrons. The molecule has 0 aliphatic rings. The molecule has 4 aromatic carbocycles. The average molecular weight is 468 g/mol. The molecule has 0 saturated heterocycles. The van der Waals surface area contributed by atoms with E-state index in [0.29, 0.717) is 5.56 Å². The molecule has 0 aliphatic carbocycles. The van der Waals surface area contributed by atoms with Crippen LogP contribution in [0.25, 0.3) is 0 Å². The van der Waals surface area contributed by atoms with Gasteiger partial charge in [0.2, 0.25) is 0 Å². The molecule has 0 spiro atoms. The van der Waals surface area contributed by atoms with Crippen molar-refractivity contribution in [3.05, 3.63) is 138 Å². The molecule has 1 atom stereocenters. The molecule has 0 saturated carbocycles. The second-order valence-electron chi connectivity index (χ2n) is 7.78. The average Bonchev–Trinajstić information content (AvgIpc) is 2.89. The van der Waals surface area contributed by atoms with Gasteiger partial charge in [0.05, 0.1) is 4.75 Å². The highest BCUT2D eigenvalue weighted by molar-refractivity contribution is 8.00. The Morgan fingerprint density at radius 1 is 0.765 bits per heavy atom. The summed E-state index contributed by atoms with van der Waals surface area (Å²) < 4.78 is -0.623. The van der Waals surface area contributed by atoms with E-state index < -0.39 is 16.8 Å². The third kappa shape index (κ3) is 5.05. The topological polar surface area (TPSA) is 69.9 Å². The molecule has 0 amide bonds. The summed E-state index contributed by atoms with van der Waals surface area (Å²) in [5.41, 5.74) is 3.67. The van der Waals surface area contributed by atoms with Crippen LogP contribution in [-0.2, 0) is 9.54 Å². The normalized spacial score (nSPS) is 12.5. The number of carboxylic acid groups (broad SMARTS) is 1. The Kier molecular flexibility index (Phi) is 7.45. The van der Waals surface area contributed by atoms with Gasteiger partial charge in [0.15, 0.2) is 6.04 Å². The zero-order valence-corrected chi connectivity index (χ0v) is 19.3. The summed E-state index contributed by atoms with van der Waals surface area (Å²) >= 11 is 1.55. The number of phenols is 1. The van der Waals surface area contributed by atoms with Gasteiger partial charge in [-0.25, -0.2) is 4.79 Å². The maximum Gasteiger partial charge on any atom is 0.329 e. The Hall–Kier alpha value is -3.83. The van der Waals surface area contributed by atoms with E-state index in [9.17, 15) is 15.0 Å². The molecule has 4 aromatic rings. The fourth-order valence-corrected chi connectivity index (χ4v) is 5.46. The molecule has 5 heteroatoms. The minimum atomic E-state index is -1.01. The highest BCUT2D eigenvalue weighted by Gasteiger charge is 2.38. The molecular weight excluding hydrogens is 442 g/mol. The van der Waals surface area contributed by atoms with Crippen molar-refractivity contribution in [2.24, 2.45) is 4.99 Å². The van der Waals surface area contributed by atoms with Crippen LogP contribution in [0, 0.1) is 0 Å². The monoisotopic (exact) mass is 467 g/mol. The largest absolute Gasteiger partial charge is 0.507 e. The number of hydrogen-bond donors (Lipinski definition) is 2. The number of benzene rings is 4. The number of aliphatic imine (C=N–C) groups is 1. The summed E-state index contributed by atoms with van der Waals surface area (Å²) in [6.07, 6.45) is 1.43. The first-order valence-corrected chi connectivity index (χ1v) is 11.9. The minimum absolute atomic E-state index is 0.0650. The van der Waals surface area contributed by atoms with Gasteiger partial charge in [0.1, 0.15) is 5.75 Å². The maximum absolute atomic E-state index is 12.1. The van der Waals surface area contributed by atoms with E-state index >= 15 is 0 Å². The molecule has 170 valence electrons. The number of nitrogens with zero attached hydrogens (tertiary/aromatic N) is 1. The third-order valence-corrected chi connectivity index (χ3v) is 7.24. The van der Waals surface area contributed by atoms with Gasteiger partial charge < -0.3 is 10.2 Å². The van der Waals surface area contributed by atoms with Crippen LogP contribution in [-0.4, -0.2) is 34.2 Å². The van der Waals surface area contributed by atoms with Crippen molar-refractivity contribution in [1.29, 1.82) is 0 Å². The summed E-state index contributed by atoms with van der Waals surface area (Å²) in [7, 11) is 0. The Morgan fingerprint density at radius 3 is 1.65 bits per heavy atom. The quantitative estimate of drug-likeness (QED) is 0.234. The van der Waals surface area contributed by atoms with Gasteiger partial charge in [-0.2, -0.15) is 0 Å². The Balaban J connectivity index is 1.76. The summed E-state index contributed by atoms with van der Waals surface area (Å²) in [5.74, 6) is -0.713. The fraction of sp³-hybridized carbons (Fsp3) is 0.103. The van der Waals surface area contributed by atoms with Crippen LogP contribution >= 0.6 is 11.8 Å². The second-order valence-corrected chi connectivity index (χ2v) is 9.02. The van der Waals surface area contributed by atoms with Crippen molar-refractivity contribution >= 4 is 23.9 Å². The van der Waals surface area contributed by atoms with Crippen molar-refractivity contribution in [1.82, 2.24) is 0 Å². The summed E-state index contributed by atoms with van der Waals surface area (Å²) in [5, 5.41) is 20.0. The fourth-order valence-electron chi connectivity index (χ4n) is 3.92. The minimum Gasteiger partial charge on any atom is -0.507 e. The maximum atomic E-state index is 12.1. The molecule has 4 rings (SSSR count). The van der Waals surface area contributed by atoms with Gasteiger partial charge in [-0.05, 0) is 28.8 Å². The van der Waals surface area contributed by atoms with E-state index in [0.717, 1.165) is 16.7 Å². The number of carboxylic acids is 1. The molecule has 4 nitrogen and oxygen atoms in total. The highest BCUT2D eigenvalue weighted by Crippen LogP contribution is 2.48. The van der Waals surface area contributed by atoms with Gasteiger partial charge in [0.25, 0.3) is 0 Å². The van der Waals surface area contributed by atoms with Gasteiger partial charge >= 0.3 is 5.97 Å². The number of thioether (sulfide) groups is 1. The SMILES string of the molecule is O=C(O)C(CSC(c1ccccc1)(c1ccccc1)c1ccccc1)N=Cc1ccccc1O. The van der Waals surface area contributed by atoms with Crippen LogP contribution in [0.1, 0.15) is 22.3 Å². The van der Waals surface area contributed by atoms with E-state index in [1.165, 1.54) is 6.21 Å². The Bertz CT molecular complexity index is 1150. The Morgan fingerprint density at radius 2 is 1.21 bits per heavy atom. The Labute approximate surface area is 203 Å². The van der Waals surface area contributed by atoms with Crippen LogP contribution in [0.3, 0.4) is 0 Å².